The molecule has 1 aromatic carbocycles. The fourth-order valence-electron chi connectivity index (χ4n) is 1.37. The predicted octanol–water partition coefficient (Wildman–Crippen LogP) is 1.46. The van der Waals surface area contributed by atoms with Crippen molar-refractivity contribution in [3.8, 4) is 11.8 Å². The lowest BCUT2D eigenvalue weighted by molar-refractivity contribution is 0.439. The number of nitrogens with one attached hydrogen (secondary N) is 1. The molecular weight excluding hydrogens is 260 g/mol. The molecule has 0 radical (unpaired) electrons. The van der Waals surface area contributed by atoms with Gasteiger partial charge in [0.05, 0.1) is 11.4 Å². The number of sulfonamides is 1. The van der Waals surface area contributed by atoms with Crippen LogP contribution in [0.3, 0.4) is 0 Å². The highest BCUT2D eigenvalue weighted by atomic mass is 32.2. The Hall–Kier alpha value is -1.35. The number of hydrogen-bond acceptors (Lipinski definition) is 3. The fourth-order valence-corrected chi connectivity index (χ4v) is 2.85. The molecule has 0 aliphatic rings. The molecule has 0 amide bonds. The van der Waals surface area contributed by atoms with E-state index in [2.05, 4.69) is 16.6 Å². The van der Waals surface area contributed by atoms with E-state index in [9.17, 15) is 8.42 Å². The average Bonchev–Trinajstić information content (AvgIpc) is 2.35. The second kappa shape index (κ2) is 6.20. The van der Waals surface area contributed by atoms with Gasteiger partial charge in [0.2, 0.25) is 10.0 Å². The topological polar surface area (TPSA) is 72.2 Å². The van der Waals surface area contributed by atoms with Gasteiger partial charge in [-0.1, -0.05) is 18.8 Å². The van der Waals surface area contributed by atoms with Crippen LogP contribution in [0.15, 0.2) is 29.2 Å². The van der Waals surface area contributed by atoms with Crippen molar-refractivity contribution in [1.82, 2.24) is 4.72 Å². The predicted molar refractivity (Wildman–Crippen MR) is 77.1 cm³/mol. The van der Waals surface area contributed by atoms with Crippen molar-refractivity contribution in [1.29, 1.82) is 0 Å². The summed E-state index contributed by atoms with van der Waals surface area (Å²) in [6.45, 7) is 5.93. The van der Waals surface area contributed by atoms with Gasteiger partial charge in [0, 0.05) is 11.1 Å². The SMILES string of the molecule is CCC(C)(C)NS(=O)(=O)c1ccc(C#CCN)cc1. The first-order valence-electron chi connectivity index (χ1n) is 6.14. The number of benzene rings is 1. The molecule has 3 N–H and O–H groups in total. The fraction of sp³-hybridized carbons (Fsp3) is 0.429. The minimum atomic E-state index is -3.49. The second-order valence-electron chi connectivity index (χ2n) is 4.87. The Balaban J connectivity index is 2.97. The van der Waals surface area contributed by atoms with Gasteiger partial charge < -0.3 is 5.73 Å². The highest BCUT2D eigenvalue weighted by molar-refractivity contribution is 7.89. The maximum absolute atomic E-state index is 12.2. The molecule has 0 saturated carbocycles. The third-order valence-electron chi connectivity index (χ3n) is 2.79. The van der Waals surface area contributed by atoms with Crippen molar-refractivity contribution in [3.63, 3.8) is 0 Å². The van der Waals surface area contributed by atoms with Crippen LogP contribution in [0.2, 0.25) is 0 Å². The molecule has 0 aliphatic heterocycles. The zero-order valence-corrected chi connectivity index (χ0v) is 12.3. The number of rotatable bonds is 4. The third kappa shape index (κ3) is 4.67. The lowest BCUT2D eigenvalue weighted by atomic mass is 10.0. The average molecular weight is 280 g/mol. The summed E-state index contributed by atoms with van der Waals surface area (Å²) in [6, 6.07) is 6.45. The van der Waals surface area contributed by atoms with E-state index in [0.29, 0.717) is 6.42 Å². The molecule has 0 saturated heterocycles. The molecule has 5 heteroatoms. The van der Waals surface area contributed by atoms with Gasteiger partial charge >= 0.3 is 0 Å². The van der Waals surface area contributed by atoms with Crippen LogP contribution in [-0.4, -0.2) is 20.5 Å². The van der Waals surface area contributed by atoms with E-state index in [-0.39, 0.29) is 11.4 Å². The second-order valence-corrected chi connectivity index (χ2v) is 6.56. The zero-order chi connectivity index (χ0) is 14.5. The van der Waals surface area contributed by atoms with Crippen LogP contribution >= 0.6 is 0 Å². The normalized spacial score (nSPS) is 11.8. The molecule has 0 bridgehead atoms. The zero-order valence-electron chi connectivity index (χ0n) is 11.5. The summed E-state index contributed by atoms with van der Waals surface area (Å²) in [7, 11) is -3.49. The summed E-state index contributed by atoms with van der Waals surface area (Å²) in [6.07, 6.45) is 0.715. The van der Waals surface area contributed by atoms with Crippen LogP contribution in [0.25, 0.3) is 0 Å². The van der Waals surface area contributed by atoms with Gasteiger partial charge in [-0.15, -0.1) is 0 Å². The van der Waals surface area contributed by atoms with E-state index in [1.807, 2.05) is 20.8 Å². The van der Waals surface area contributed by atoms with Crippen LogP contribution in [0.5, 0.6) is 0 Å². The van der Waals surface area contributed by atoms with Gasteiger partial charge in [-0.25, -0.2) is 13.1 Å². The molecule has 4 nitrogen and oxygen atoms in total. The maximum Gasteiger partial charge on any atom is 0.241 e. The van der Waals surface area contributed by atoms with Crippen molar-refractivity contribution in [2.24, 2.45) is 5.73 Å². The van der Waals surface area contributed by atoms with Crippen molar-refractivity contribution in [2.75, 3.05) is 6.54 Å². The molecule has 0 aromatic heterocycles. The monoisotopic (exact) mass is 280 g/mol. The van der Waals surface area contributed by atoms with E-state index in [4.69, 9.17) is 5.73 Å². The van der Waals surface area contributed by atoms with E-state index in [0.717, 1.165) is 5.56 Å². The smallest absolute Gasteiger partial charge is 0.241 e. The Morgan fingerprint density at radius 1 is 1.26 bits per heavy atom. The summed E-state index contributed by atoms with van der Waals surface area (Å²) in [4.78, 5) is 0.243. The quantitative estimate of drug-likeness (QED) is 0.820. The van der Waals surface area contributed by atoms with E-state index in [1.165, 1.54) is 0 Å². The molecule has 0 heterocycles. The maximum atomic E-state index is 12.2. The van der Waals surface area contributed by atoms with E-state index >= 15 is 0 Å². The molecule has 0 aliphatic carbocycles. The van der Waals surface area contributed by atoms with E-state index in [1.54, 1.807) is 24.3 Å². The highest BCUT2D eigenvalue weighted by Gasteiger charge is 2.24. The van der Waals surface area contributed by atoms with Gasteiger partial charge in [0.25, 0.3) is 0 Å². The molecule has 1 rings (SSSR count). The lowest BCUT2D eigenvalue weighted by Gasteiger charge is -2.24. The van der Waals surface area contributed by atoms with Crippen LogP contribution < -0.4 is 10.5 Å². The Bertz CT molecular complexity index is 578. The molecule has 0 unspecified atom stereocenters. The molecule has 0 atom stereocenters. The third-order valence-corrected chi connectivity index (χ3v) is 4.51. The minimum absolute atomic E-state index is 0.243. The van der Waals surface area contributed by atoms with Crippen molar-refractivity contribution in [3.05, 3.63) is 29.8 Å². The summed E-state index contributed by atoms with van der Waals surface area (Å²) >= 11 is 0. The van der Waals surface area contributed by atoms with Crippen LogP contribution in [0.4, 0.5) is 0 Å². The van der Waals surface area contributed by atoms with Gasteiger partial charge in [-0.2, -0.15) is 0 Å². The first-order valence-corrected chi connectivity index (χ1v) is 7.62. The largest absolute Gasteiger partial charge is 0.320 e. The van der Waals surface area contributed by atoms with Crippen molar-refractivity contribution < 1.29 is 8.42 Å². The van der Waals surface area contributed by atoms with Gasteiger partial charge in [-0.05, 0) is 44.5 Å². The molecule has 104 valence electrons. The summed E-state index contributed by atoms with van der Waals surface area (Å²) in [5.74, 6) is 5.57. The first-order chi connectivity index (χ1) is 8.80. The van der Waals surface area contributed by atoms with Crippen molar-refractivity contribution in [2.45, 2.75) is 37.6 Å². The lowest BCUT2D eigenvalue weighted by Crippen LogP contribution is -2.42. The number of hydrogen-bond donors (Lipinski definition) is 2. The van der Waals surface area contributed by atoms with Crippen LogP contribution in [0.1, 0.15) is 32.8 Å². The molecular formula is C14H20N2O2S. The van der Waals surface area contributed by atoms with Crippen LogP contribution in [0, 0.1) is 11.8 Å². The molecule has 1 aromatic rings. The first kappa shape index (κ1) is 15.7. The highest BCUT2D eigenvalue weighted by Crippen LogP contribution is 2.15. The van der Waals surface area contributed by atoms with Crippen molar-refractivity contribution >= 4 is 10.0 Å². The number of nitrogens with two attached hydrogens (primary N) is 1. The van der Waals surface area contributed by atoms with Crippen LogP contribution in [-0.2, 0) is 10.0 Å². The molecule has 0 spiro atoms. The summed E-state index contributed by atoms with van der Waals surface area (Å²) < 4.78 is 27.0. The van der Waals surface area contributed by atoms with Gasteiger partial charge in [-0.3, -0.25) is 0 Å². The Labute approximate surface area is 115 Å². The Morgan fingerprint density at radius 2 is 1.84 bits per heavy atom. The van der Waals surface area contributed by atoms with Gasteiger partial charge in [0.15, 0.2) is 0 Å². The Kier molecular flexibility index (Phi) is 5.12. The minimum Gasteiger partial charge on any atom is -0.320 e. The standard InChI is InChI=1S/C14H20N2O2S/c1-4-14(2,3)16-19(17,18)13-9-7-12(8-10-13)6-5-11-15/h7-10,16H,4,11,15H2,1-3H3. The molecule has 19 heavy (non-hydrogen) atoms. The molecule has 0 fully saturated rings. The summed E-state index contributed by atoms with van der Waals surface area (Å²) in [5, 5.41) is 0. The van der Waals surface area contributed by atoms with Gasteiger partial charge in [0.1, 0.15) is 0 Å². The van der Waals surface area contributed by atoms with E-state index < -0.39 is 15.6 Å². The summed E-state index contributed by atoms with van der Waals surface area (Å²) in [5.41, 5.74) is 5.57. The Morgan fingerprint density at radius 3 is 2.32 bits per heavy atom.